The van der Waals surface area contributed by atoms with Gasteiger partial charge in [-0.3, -0.25) is 0 Å². The summed E-state index contributed by atoms with van der Waals surface area (Å²) >= 11 is 5.73. The predicted molar refractivity (Wildman–Crippen MR) is 59.8 cm³/mol. The van der Waals surface area contributed by atoms with Crippen molar-refractivity contribution in [3.05, 3.63) is 34.9 Å². The number of hydrogen-bond acceptors (Lipinski definition) is 2. The molecule has 0 aliphatic rings. The first-order valence-corrected chi connectivity index (χ1v) is 5.05. The van der Waals surface area contributed by atoms with Crippen molar-refractivity contribution in [3.8, 4) is 0 Å². The molecular weight excluding hydrogens is 214 g/mol. The Labute approximate surface area is 93.9 Å². The topological polar surface area (TPSA) is 63.3 Å². The maximum Gasteiger partial charge on any atom is 0.328 e. The van der Waals surface area contributed by atoms with Crippen molar-refractivity contribution in [3.63, 3.8) is 0 Å². The molecule has 15 heavy (non-hydrogen) atoms. The Morgan fingerprint density at radius 2 is 1.87 bits per heavy atom. The standard InChI is InChI=1S/C11H14ClNO2/c1-7(2)11(13,10(14)15)8-3-5-9(12)6-4-8/h3-7H,13H2,1-2H3,(H,14,15)/t11-/m0/s1. The van der Waals surface area contributed by atoms with E-state index in [0.717, 1.165) is 0 Å². The van der Waals surface area contributed by atoms with E-state index in [1.807, 2.05) is 0 Å². The zero-order chi connectivity index (χ0) is 11.6. The molecular formula is C11H14ClNO2. The van der Waals surface area contributed by atoms with Crippen molar-refractivity contribution in [2.75, 3.05) is 0 Å². The summed E-state index contributed by atoms with van der Waals surface area (Å²) in [6, 6.07) is 6.58. The molecule has 0 aromatic heterocycles. The van der Waals surface area contributed by atoms with Crippen LogP contribution < -0.4 is 5.73 Å². The average Bonchev–Trinajstić information content (AvgIpc) is 2.17. The van der Waals surface area contributed by atoms with Crippen LogP contribution >= 0.6 is 11.6 Å². The summed E-state index contributed by atoms with van der Waals surface area (Å²) in [7, 11) is 0. The van der Waals surface area contributed by atoms with Gasteiger partial charge in [-0.2, -0.15) is 0 Å². The van der Waals surface area contributed by atoms with Gasteiger partial charge in [-0.15, -0.1) is 0 Å². The van der Waals surface area contributed by atoms with E-state index < -0.39 is 11.5 Å². The van der Waals surface area contributed by atoms with E-state index in [1.165, 1.54) is 0 Å². The highest BCUT2D eigenvalue weighted by molar-refractivity contribution is 6.30. The lowest BCUT2D eigenvalue weighted by Gasteiger charge is -2.29. The van der Waals surface area contributed by atoms with E-state index in [4.69, 9.17) is 22.4 Å². The molecule has 1 atom stereocenters. The van der Waals surface area contributed by atoms with Gasteiger partial charge in [0.2, 0.25) is 0 Å². The Morgan fingerprint density at radius 3 is 2.20 bits per heavy atom. The van der Waals surface area contributed by atoms with Crippen molar-refractivity contribution >= 4 is 17.6 Å². The minimum absolute atomic E-state index is 0.198. The number of hydrogen-bond donors (Lipinski definition) is 2. The molecule has 0 aliphatic carbocycles. The molecule has 0 bridgehead atoms. The van der Waals surface area contributed by atoms with Crippen molar-refractivity contribution in [1.29, 1.82) is 0 Å². The Bertz CT molecular complexity index is 361. The van der Waals surface area contributed by atoms with E-state index in [1.54, 1.807) is 38.1 Å². The van der Waals surface area contributed by atoms with Gasteiger partial charge >= 0.3 is 5.97 Å². The number of carbonyl (C=O) groups is 1. The van der Waals surface area contributed by atoms with E-state index in [9.17, 15) is 4.79 Å². The first kappa shape index (κ1) is 12.0. The molecule has 0 saturated carbocycles. The molecule has 82 valence electrons. The van der Waals surface area contributed by atoms with Gasteiger partial charge < -0.3 is 10.8 Å². The fraction of sp³-hybridized carbons (Fsp3) is 0.364. The lowest BCUT2D eigenvalue weighted by atomic mass is 9.81. The highest BCUT2D eigenvalue weighted by atomic mass is 35.5. The Morgan fingerprint density at radius 1 is 1.40 bits per heavy atom. The van der Waals surface area contributed by atoms with Crippen LogP contribution in [0.3, 0.4) is 0 Å². The van der Waals surface area contributed by atoms with Gasteiger partial charge in [0.15, 0.2) is 0 Å². The van der Waals surface area contributed by atoms with Crippen LogP contribution in [0.15, 0.2) is 24.3 Å². The number of aliphatic carboxylic acids is 1. The maximum absolute atomic E-state index is 11.2. The van der Waals surface area contributed by atoms with Gasteiger partial charge in [0, 0.05) is 5.02 Å². The summed E-state index contributed by atoms with van der Waals surface area (Å²) in [6.45, 7) is 3.56. The molecule has 0 fully saturated rings. The average molecular weight is 228 g/mol. The van der Waals surface area contributed by atoms with Crippen LogP contribution in [0.5, 0.6) is 0 Å². The summed E-state index contributed by atoms with van der Waals surface area (Å²) in [5, 5.41) is 9.73. The molecule has 0 heterocycles. The zero-order valence-corrected chi connectivity index (χ0v) is 9.45. The van der Waals surface area contributed by atoms with Crippen LogP contribution in [0.4, 0.5) is 0 Å². The van der Waals surface area contributed by atoms with E-state index >= 15 is 0 Å². The molecule has 0 spiro atoms. The molecule has 3 N–H and O–H groups in total. The van der Waals surface area contributed by atoms with E-state index in [0.29, 0.717) is 10.6 Å². The second-order valence-electron chi connectivity index (χ2n) is 3.84. The smallest absolute Gasteiger partial charge is 0.328 e. The normalized spacial score (nSPS) is 15.0. The van der Waals surface area contributed by atoms with Crippen LogP contribution in [0.1, 0.15) is 19.4 Å². The highest BCUT2D eigenvalue weighted by Crippen LogP contribution is 2.28. The fourth-order valence-electron chi connectivity index (χ4n) is 1.43. The molecule has 3 nitrogen and oxygen atoms in total. The molecule has 0 unspecified atom stereocenters. The Hall–Kier alpha value is -1.06. The highest BCUT2D eigenvalue weighted by Gasteiger charge is 2.39. The van der Waals surface area contributed by atoms with Gasteiger partial charge in [0.1, 0.15) is 5.54 Å². The third kappa shape index (κ3) is 2.13. The molecule has 1 aromatic rings. The largest absolute Gasteiger partial charge is 0.480 e. The zero-order valence-electron chi connectivity index (χ0n) is 8.70. The summed E-state index contributed by atoms with van der Waals surface area (Å²) in [5.74, 6) is -1.23. The van der Waals surface area contributed by atoms with E-state index in [2.05, 4.69) is 0 Å². The number of carboxylic acid groups (broad SMARTS) is 1. The molecule has 0 saturated heterocycles. The van der Waals surface area contributed by atoms with Gasteiger partial charge in [0.25, 0.3) is 0 Å². The number of benzene rings is 1. The monoisotopic (exact) mass is 227 g/mol. The van der Waals surface area contributed by atoms with E-state index in [-0.39, 0.29) is 5.92 Å². The fourth-order valence-corrected chi connectivity index (χ4v) is 1.56. The molecule has 0 amide bonds. The van der Waals surface area contributed by atoms with Crippen molar-refractivity contribution < 1.29 is 9.90 Å². The minimum atomic E-state index is -1.36. The van der Waals surface area contributed by atoms with Crippen LogP contribution in [0, 0.1) is 5.92 Å². The summed E-state index contributed by atoms with van der Waals surface area (Å²) < 4.78 is 0. The Kier molecular flexibility index (Phi) is 3.37. The quantitative estimate of drug-likeness (QED) is 0.833. The first-order chi connectivity index (χ1) is 6.89. The second kappa shape index (κ2) is 4.21. The lowest BCUT2D eigenvalue weighted by Crippen LogP contribution is -2.49. The van der Waals surface area contributed by atoms with Crippen LogP contribution in [0.25, 0.3) is 0 Å². The van der Waals surface area contributed by atoms with Gasteiger partial charge in [-0.25, -0.2) is 4.79 Å². The molecule has 0 aliphatic heterocycles. The SMILES string of the molecule is CC(C)[C@@](N)(C(=O)O)c1ccc(Cl)cc1. The first-order valence-electron chi connectivity index (χ1n) is 4.67. The number of carboxylic acids is 1. The summed E-state index contributed by atoms with van der Waals surface area (Å²) in [5.41, 5.74) is 5.12. The van der Waals surface area contributed by atoms with Gasteiger partial charge in [-0.1, -0.05) is 37.6 Å². The number of rotatable bonds is 3. The number of nitrogens with two attached hydrogens (primary N) is 1. The predicted octanol–water partition coefficient (Wildman–Crippen LogP) is 2.23. The van der Waals surface area contributed by atoms with Crippen molar-refractivity contribution in [2.24, 2.45) is 11.7 Å². The van der Waals surface area contributed by atoms with Crippen LogP contribution in [0.2, 0.25) is 5.02 Å². The Balaban J connectivity index is 3.22. The number of halogens is 1. The van der Waals surface area contributed by atoms with Crippen LogP contribution in [-0.2, 0) is 10.3 Å². The molecule has 4 heteroatoms. The molecule has 1 rings (SSSR count). The second-order valence-corrected chi connectivity index (χ2v) is 4.27. The third-order valence-electron chi connectivity index (χ3n) is 2.59. The third-order valence-corrected chi connectivity index (χ3v) is 2.84. The lowest BCUT2D eigenvalue weighted by molar-refractivity contribution is -0.145. The van der Waals surface area contributed by atoms with Crippen LogP contribution in [-0.4, -0.2) is 11.1 Å². The van der Waals surface area contributed by atoms with Crippen molar-refractivity contribution in [2.45, 2.75) is 19.4 Å². The molecule has 1 aromatic carbocycles. The molecule has 0 radical (unpaired) electrons. The van der Waals surface area contributed by atoms with Crippen molar-refractivity contribution in [1.82, 2.24) is 0 Å². The van der Waals surface area contributed by atoms with Gasteiger partial charge in [0.05, 0.1) is 0 Å². The minimum Gasteiger partial charge on any atom is -0.480 e. The summed E-state index contributed by atoms with van der Waals surface area (Å²) in [6.07, 6.45) is 0. The maximum atomic E-state index is 11.2. The van der Waals surface area contributed by atoms with Gasteiger partial charge in [-0.05, 0) is 23.6 Å². The summed E-state index contributed by atoms with van der Waals surface area (Å²) in [4.78, 5) is 11.2.